The van der Waals surface area contributed by atoms with Gasteiger partial charge in [-0.1, -0.05) is 13.8 Å². The van der Waals surface area contributed by atoms with Crippen molar-refractivity contribution >= 4 is 11.8 Å². The van der Waals surface area contributed by atoms with E-state index in [0.717, 1.165) is 69.9 Å². The Morgan fingerprint density at radius 2 is 2.00 bits per heavy atom. The summed E-state index contributed by atoms with van der Waals surface area (Å²) in [6, 6.07) is 4.99. The molecule has 30 heavy (non-hydrogen) atoms. The highest BCUT2D eigenvalue weighted by molar-refractivity contribution is 5.68. The van der Waals surface area contributed by atoms with Crippen LogP contribution < -0.4 is 10.2 Å². The number of morpholine rings is 1. The fourth-order valence-electron chi connectivity index (χ4n) is 4.28. The van der Waals surface area contributed by atoms with Crippen LogP contribution in [0.25, 0.3) is 0 Å². The molecule has 0 aromatic heterocycles. The van der Waals surface area contributed by atoms with Crippen LogP contribution in [0.2, 0.25) is 0 Å². The van der Waals surface area contributed by atoms with Crippen molar-refractivity contribution in [1.82, 2.24) is 10.2 Å². The molecule has 1 aromatic rings. The average Bonchev–Trinajstić information content (AvgIpc) is 3.09. The Kier molecular flexibility index (Phi) is 8.33. The zero-order valence-corrected chi connectivity index (χ0v) is 18.5. The number of carbonyl (C=O) groups excluding carboxylic acids is 1. The Labute approximate surface area is 179 Å². The lowest BCUT2D eigenvalue weighted by Gasteiger charge is -2.28. The van der Waals surface area contributed by atoms with Gasteiger partial charge in [-0.3, -0.25) is 4.90 Å². The number of carbonyl (C=O) groups is 1. The van der Waals surface area contributed by atoms with Crippen LogP contribution in [0.15, 0.2) is 18.2 Å². The van der Waals surface area contributed by atoms with Gasteiger partial charge in [-0.2, -0.15) is 0 Å². The van der Waals surface area contributed by atoms with Gasteiger partial charge < -0.3 is 19.7 Å². The molecule has 0 aliphatic carbocycles. The lowest BCUT2D eigenvalue weighted by molar-refractivity contribution is 0.0366. The molecule has 1 aromatic carbocycles. The van der Waals surface area contributed by atoms with E-state index in [1.54, 1.807) is 6.07 Å². The molecule has 2 aliphatic rings. The minimum absolute atomic E-state index is 0.0984. The maximum Gasteiger partial charge on any atom is 0.407 e. The number of alkyl carbamates (subject to hydrolysis) is 1. The van der Waals surface area contributed by atoms with E-state index in [1.807, 2.05) is 13.0 Å². The van der Waals surface area contributed by atoms with Crippen LogP contribution in [-0.2, 0) is 15.9 Å². The van der Waals surface area contributed by atoms with Crippen LogP contribution in [0.3, 0.4) is 0 Å². The first-order chi connectivity index (χ1) is 14.4. The van der Waals surface area contributed by atoms with Crippen LogP contribution in [0.5, 0.6) is 0 Å². The first kappa shape index (κ1) is 22.8. The predicted octanol–water partition coefficient (Wildman–Crippen LogP) is 3.44. The number of nitrogens with one attached hydrogen (secondary N) is 1. The van der Waals surface area contributed by atoms with Gasteiger partial charge in [0.2, 0.25) is 0 Å². The van der Waals surface area contributed by atoms with Crippen molar-refractivity contribution in [1.29, 1.82) is 0 Å². The topological polar surface area (TPSA) is 54.0 Å². The maximum absolute atomic E-state index is 13.4. The summed E-state index contributed by atoms with van der Waals surface area (Å²) >= 11 is 0. The Hall–Kier alpha value is -1.86. The molecule has 0 bridgehead atoms. The van der Waals surface area contributed by atoms with Crippen molar-refractivity contribution in [2.24, 2.45) is 5.92 Å². The number of anilines is 1. The van der Waals surface area contributed by atoms with E-state index in [2.05, 4.69) is 29.0 Å². The molecule has 6 nitrogen and oxygen atoms in total. The zero-order valence-electron chi connectivity index (χ0n) is 18.5. The van der Waals surface area contributed by atoms with E-state index in [-0.39, 0.29) is 24.1 Å². The first-order valence-electron chi connectivity index (χ1n) is 11.2. The van der Waals surface area contributed by atoms with Crippen molar-refractivity contribution in [2.45, 2.75) is 52.2 Å². The second-order valence-electron chi connectivity index (χ2n) is 8.78. The SMILES string of the molecule is CC(CN1CCc2cc(F)ccc21)OC(=O)NC(CCCN1CCOCC1)C(C)C. The van der Waals surface area contributed by atoms with Gasteiger partial charge in [0.1, 0.15) is 11.9 Å². The van der Waals surface area contributed by atoms with Crippen molar-refractivity contribution in [2.75, 3.05) is 50.8 Å². The summed E-state index contributed by atoms with van der Waals surface area (Å²) in [6.07, 6.45) is 2.20. The minimum atomic E-state index is -0.355. The Morgan fingerprint density at radius 3 is 2.73 bits per heavy atom. The first-order valence-corrected chi connectivity index (χ1v) is 11.2. The van der Waals surface area contributed by atoms with Crippen LogP contribution in [0, 0.1) is 11.7 Å². The Balaban J connectivity index is 1.41. The summed E-state index contributed by atoms with van der Waals surface area (Å²) in [5, 5.41) is 3.06. The van der Waals surface area contributed by atoms with Crippen LogP contribution in [-0.4, -0.2) is 69.1 Å². The third-order valence-corrected chi connectivity index (χ3v) is 6.02. The molecule has 1 amide bonds. The number of fused-ring (bicyclic) bond motifs is 1. The number of halogens is 1. The molecule has 2 aliphatic heterocycles. The third-order valence-electron chi connectivity index (χ3n) is 6.02. The number of rotatable bonds is 9. The van der Waals surface area contributed by atoms with Gasteiger partial charge in [0.05, 0.1) is 19.8 Å². The number of amides is 1. The summed E-state index contributed by atoms with van der Waals surface area (Å²) in [6.45, 7) is 12.2. The molecule has 1 saturated heterocycles. The van der Waals surface area contributed by atoms with Gasteiger partial charge in [-0.15, -0.1) is 0 Å². The lowest BCUT2D eigenvalue weighted by atomic mass is 9.99. The fraction of sp³-hybridized carbons (Fsp3) is 0.696. The molecular weight excluding hydrogens is 385 g/mol. The molecule has 168 valence electrons. The number of ether oxygens (including phenoxy) is 2. The maximum atomic E-state index is 13.4. The highest BCUT2D eigenvalue weighted by Crippen LogP contribution is 2.28. The third kappa shape index (κ3) is 6.57. The molecular formula is C23H36FN3O3. The van der Waals surface area contributed by atoms with E-state index in [0.29, 0.717) is 12.5 Å². The van der Waals surface area contributed by atoms with Gasteiger partial charge in [-0.25, -0.2) is 9.18 Å². The van der Waals surface area contributed by atoms with Gasteiger partial charge in [0.15, 0.2) is 0 Å². The highest BCUT2D eigenvalue weighted by Gasteiger charge is 2.24. The summed E-state index contributed by atoms with van der Waals surface area (Å²) in [4.78, 5) is 17.0. The number of hydrogen-bond acceptors (Lipinski definition) is 5. The minimum Gasteiger partial charge on any atom is -0.445 e. The van der Waals surface area contributed by atoms with Crippen molar-refractivity contribution < 1.29 is 18.7 Å². The van der Waals surface area contributed by atoms with Crippen molar-refractivity contribution in [3.63, 3.8) is 0 Å². The van der Waals surface area contributed by atoms with E-state index in [4.69, 9.17) is 9.47 Å². The zero-order chi connectivity index (χ0) is 21.5. The smallest absolute Gasteiger partial charge is 0.407 e. The standard InChI is InChI=1S/C23H36FN3O3/c1-17(2)21(5-4-9-26-11-13-29-14-12-26)25-23(28)30-18(3)16-27-10-8-19-15-20(24)6-7-22(19)27/h6-7,15,17-18,21H,4-5,8-14,16H2,1-3H3,(H,25,28). The summed E-state index contributed by atoms with van der Waals surface area (Å²) in [5.41, 5.74) is 2.06. The molecule has 7 heteroatoms. The summed E-state index contributed by atoms with van der Waals surface area (Å²) in [5.74, 6) is 0.144. The van der Waals surface area contributed by atoms with Crippen molar-refractivity contribution in [3.05, 3.63) is 29.6 Å². The summed E-state index contributed by atoms with van der Waals surface area (Å²) < 4.78 is 24.4. The second-order valence-corrected chi connectivity index (χ2v) is 8.78. The summed E-state index contributed by atoms with van der Waals surface area (Å²) in [7, 11) is 0. The van der Waals surface area contributed by atoms with Crippen LogP contribution >= 0.6 is 0 Å². The van der Waals surface area contributed by atoms with Crippen LogP contribution in [0.1, 0.15) is 39.2 Å². The van der Waals surface area contributed by atoms with Gasteiger partial charge >= 0.3 is 6.09 Å². The van der Waals surface area contributed by atoms with Crippen LogP contribution in [0.4, 0.5) is 14.9 Å². The second kappa shape index (κ2) is 11.0. The molecule has 2 heterocycles. The lowest BCUT2D eigenvalue weighted by Crippen LogP contribution is -2.42. The molecule has 1 N–H and O–H groups in total. The predicted molar refractivity (Wildman–Crippen MR) is 117 cm³/mol. The Morgan fingerprint density at radius 1 is 1.23 bits per heavy atom. The average molecular weight is 422 g/mol. The quantitative estimate of drug-likeness (QED) is 0.662. The van der Waals surface area contributed by atoms with Gasteiger partial charge in [0.25, 0.3) is 0 Å². The molecule has 1 fully saturated rings. The molecule has 0 radical (unpaired) electrons. The van der Waals surface area contributed by atoms with E-state index >= 15 is 0 Å². The van der Waals surface area contributed by atoms with Gasteiger partial charge in [-0.05, 0) is 62.4 Å². The normalized spacial score (nSPS) is 18.9. The fourth-order valence-corrected chi connectivity index (χ4v) is 4.28. The molecule has 2 unspecified atom stereocenters. The molecule has 3 rings (SSSR count). The molecule has 0 spiro atoms. The number of benzene rings is 1. The van der Waals surface area contributed by atoms with Crippen molar-refractivity contribution in [3.8, 4) is 0 Å². The Bertz CT molecular complexity index is 694. The van der Waals surface area contributed by atoms with E-state index < -0.39 is 0 Å². The van der Waals surface area contributed by atoms with E-state index in [1.165, 1.54) is 6.07 Å². The van der Waals surface area contributed by atoms with Gasteiger partial charge in [0, 0.05) is 31.4 Å². The monoisotopic (exact) mass is 421 g/mol. The largest absolute Gasteiger partial charge is 0.445 e. The molecule has 0 saturated carbocycles. The number of hydrogen-bond donors (Lipinski definition) is 1. The van der Waals surface area contributed by atoms with E-state index in [9.17, 15) is 9.18 Å². The number of nitrogens with zero attached hydrogens (tertiary/aromatic N) is 2. The highest BCUT2D eigenvalue weighted by atomic mass is 19.1. The molecule has 2 atom stereocenters.